The number of rotatable bonds is 6. The number of allylic oxidation sites excluding steroid dienone is 5. The number of hydrogen-bond acceptors (Lipinski definition) is 4. The predicted molar refractivity (Wildman–Crippen MR) is 87.6 cm³/mol. The zero-order chi connectivity index (χ0) is 16.7. The fourth-order valence-corrected chi connectivity index (χ4v) is 2.42. The minimum Gasteiger partial charge on any atom is -0.427 e. The molecule has 0 saturated carbocycles. The van der Waals surface area contributed by atoms with Crippen LogP contribution in [0.4, 0.5) is 0 Å². The van der Waals surface area contributed by atoms with E-state index in [2.05, 4.69) is 0 Å². The van der Waals surface area contributed by atoms with Crippen molar-refractivity contribution in [2.24, 2.45) is 11.8 Å². The first-order valence-electron chi connectivity index (χ1n) is 7.48. The van der Waals surface area contributed by atoms with Crippen LogP contribution in [-0.4, -0.2) is 17.4 Å². The highest BCUT2D eigenvalue weighted by molar-refractivity contribution is 5.73. The molecule has 0 saturated heterocycles. The van der Waals surface area contributed by atoms with Gasteiger partial charge in [0.15, 0.2) is 0 Å². The molecule has 1 aromatic carbocycles. The fourth-order valence-electron chi connectivity index (χ4n) is 2.42. The highest BCUT2D eigenvalue weighted by Crippen LogP contribution is 2.23. The van der Waals surface area contributed by atoms with E-state index in [0.29, 0.717) is 5.75 Å². The topological polar surface area (TPSA) is 69.4 Å². The second kappa shape index (κ2) is 8.08. The third kappa shape index (κ3) is 5.54. The average molecular weight is 313 g/mol. The van der Waals surface area contributed by atoms with Crippen molar-refractivity contribution in [1.29, 1.82) is 0 Å². The zero-order valence-electron chi connectivity index (χ0n) is 12.9. The zero-order valence-corrected chi connectivity index (χ0v) is 12.9. The van der Waals surface area contributed by atoms with Crippen LogP contribution < -0.4 is 4.74 Å². The van der Waals surface area contributed by atoms with Gasteiger partial charge in [0.1, 0.15) is 5.75 Å². The van der Waals surface area contributed by atoms with Gasteiger partial charge in [-0.2, -0.15) is 0 Å². The molecule has 0 N–H and O–H groups in total. The molecule has 1 aliphatic rings. The molecule has 23 heavy (non-hydrogen) atoms. The number of carbonyl (C=O) groups is 1. The molecule has 120 valence electrons. The Labute approximate surface area is 135 Å². The molecule has 1 unspecified atom stereocenters. The van der Waals surface area contributed by atoms with E-state index in [0.717, 1.165) is 5.57 Å². The summed E-state index contributed by atoms with van der Waals surface area (Å²) in [6, 6.07) is 8.71. The summed E-state index contributed by atoms with van der Waals surface area (Å²) in [5.41, 5.74) is 0.796. The largest absolute Gasteiger partial charge is 0.427 e. The van der Waals surface area contributed by atoms with Gasteiger partial charge in [-0.15, -0.1) is 0 Å². The maximum Gasteiger partial charge on any atom is 0.312 e. The van der Waals surface area contributed by atoms with Gasteiger partial charge in [-0.05, 0) is 23.6 Å². The van der Waals surface area contributed by atoms with Crippen molar-refractivity contribution in [2.45, 2.75) is 13.3 Å². The number of esters is 1. The normalized spacial score (nSPS) is 18.0. The summed E-state index contributed by atoms with van der Waals surface area (Å²) in [6.45, 7) is 1.70. The van der Waals surface area contributed by atoms with Crippen LogP contribution in [0.25, 0.3) is 0 Å². The Hall–Kier alpha value is -2.69. The molecule has 1 aliphatic carbocycles. The minimum absolute atomic E-state index is 0.0290. The number of nitrogens with zero attached hydrogens (tertiary/aromatic N) is 1. The van der Waals surface area contributed by atoms with Gasteiger partial charge in [-0.25, -0.2) is 0 Å². The number of carbonyl (C=O) groups excluding carboxylic acids is 1. The second-order valence-corrected chi connectivity index (χ2v) is 5.47. The molecular formula is C18H19NO4. The molecule has 0 bridgehead atoms. The molecule has 0 heterocycles. The van der Waals surface area contributed by atoms with Crippen molar-refractivity contribution in [3.63, 3.8) is 0 Å². The molecule has 5 heteroatoms. The smallest absolute Gasteiger partial charge is 0.312 e. The molecule has 0 fully saturated rings. The van der Waals surface area contributed by atoms with E-state index in [-0.39, 0.29) is 18.9 Å². The first-order valence-corrected chi connectivity index (χ1v) is 7.48. The predicted octanol–water partition coefficient (Wildman–Crippen LogP) is 3.56. The van der Waals surface area contributed by atoms with Gasteiger partial charge in [0.25, 0.3) is 0 Å². The van der Waals surface area contributed by atoms with Gasteiger partial charge < -0.3 is 4.74 Å². The number of hydrogen-bond donors (Lipinski definition) is 0. The van der Waals surface area contributed by atoms with Crippen LogP contribution in [0.5, 0.6) is 5.75 Å². The molecule has 0 aromatic heterocycles. The molecular weight excluding hydrogens is 294 g/mol. The van der Waals surface area contributed by atoms with E-state index >= 15 is 0 Å². The van der Waals surface area contributed by atoms with Gasteiger partial charge in [0.2, 0.25) is 6.54 Å². The summed E-state index contributed by atoms with van der Waals surface area (Å²) in [6.07, 6.45) is 9.48. The lowest BCUT2D eigenvalue weighted by atomic mass is 9.93. The number of nitro groups is 1. The van der Waals surface area contributed by atoms with Gasteiger partial charge >= 0.3 is 5.97 Å². The van der Waals surface area contributed by atoms with Gasteiger partial charge in [0, 0.05) is 4.92 Å². The van der Waals surface area contributed by atoms with Crippen molar-refractivity contribution in [3.05, 3.63) is 76.4 Å². The third-order valence-electron chi connectivity index (χ3n) is 3.50. The van der Waals surface area contributed by atoms with Gasteiger partial charge in [-0.1, -0.05) is 55.5 Å². The van der Waals surface area contributed by atoms with E-state index in [4.69, 9.17) is 4.74 Å². The summed E-state index contributed by atoms with van der Waals surface area (Å²) in [4.78, 5) is 22.7. The Morgan fingerprint density at radius 1 is 1.30 bits per heavy atom. The molecule has 2 atom stereocenters. The summed E-state index contributed by atoms with van der Waals surface area (Å²) in [5.74, 6) is -0.362. The molecule has 0 radical (unpaired) electrons. The summed E-state index contributed by atoms with van der Waals surface area (Å²) < 4.78 is 5.25. The first kappa shape index (κ1) is 16.7. The van der Waals surface area contributed by atoms with Crippen molar-refractivity contribution < 1.29 is 14.5 Å². The maximum atomic E-state index is 12.1. The lowest BCUT2D eigenvalue weighted by Crippen LogP contribution is -2.22. The van der Waals surface area contributed by atoms with Crippen LogP contribution in [0.2, 0.25) is 0 Å². The Kier molecular flexibility index (Phi) is 5.86. The van der Waals surface area contributed by atoms with Crippen LogP contribution in [0.1, 0.15) is 13.3 Å². The quantitative estimate of drug-likeness (QED) is 0.348. The summed E-state index contributed by atoms with van der Waals surface area (Å²) >= 11 is 0. The van der Waals surface area contributed by atoms with Crippen LogP contribution in [-0.2, 0) is 4.79 Å². The first-order chi connectivity index (χ1) is 11.0. The van der Waals surface area contributed by atoms with E-state index in [1.54, 1.807) is 24.3 Å². The maximum absolute atomic E-state index is 12.1. The van der Waals surface area contributed by atoms with Crippen molar-refractivity contribution in [3.8, 4) is 5.75 Å². The molecule has 0 amide bonds. The summed E-state index contributed by atoms with van der Waals surface area (Å²) in [5, 5.41) is 10.9. The Bertz CT molecular complexity index is 646. The van der Waals surface area contributed by atoms with E-state index in [1.807, 2.05) is 43.4 Å². The molecule has 1 aromatic rings. The Morgan fingerprint density at radius 3 is 2.74 bits per heavy atom. The highest BCUT2D eigenvalue weighted by atomic mass is 16.6. The number of para-hydroxylation sites is 1. The minimum atomic E-state index is -0.500. The van der Waals surface area contributed by atoms with Crippen molar-refractivity contribution in [1.82, 2.24) is 0 Å². The van der Waals surface area contributed by atoms with Crippen molar-refractivity contribution in [2.75, 3.05) is 6.54 Å². The Morgan fingerprint density at radius 2 is 2.04 bits per heavy atom. The van der Waals surface area contributed by atoms with E-state index < -0.39 is 16.8 Å². The van der Waals surface area contributed by atoms with Crippen LogP contribution in [0.3, 0.4) is 0 Å². The van der Waals surface area contributed by atoms with Crippen LogP contribution in [0.15, 0.2) is 66.3 Å². The molecule has 0 aliphatic heterocycles. The number of ether oxygens (including phenoxy) is 1. The second-order valence-electron chi connectivity index (χ2n) is 5.47. The lowest BCUT2D eigenvalue weighted by molar-refractivity contribution is -0.486. The fraction of sp³-hybridized carbons (Fsp3) is 0.278. The lowest BCUT2D eigenvalue weighted by Gasteiger charge is -2.14. The Balaban J connectivity index is 2.09. The number of benzene rings is 1. The van der Waals surface area contributed by atoms with E-state index in [1.165, 1.54) is 0 Å². The molecule has 5 nitrogen and oxygen atoms in total. The van der Waals surface area contributed by atoms with Crippen LogP contribution in [0, 0.1) is 22.0 Å². The van der Waals surface area contributed by atoms with Crippen LogP contribution >= 0.6 is 0 Å². The van der Waals surface area contributed by atoms with Crippen molar-refractivity contribution >= 4 is 5.97 Å². The standard InChI is InChI=1S/C18H19NO4/c1-14-7-5-6-8-15(11-14)16(13-19(21)22)12-18(20)23-17-9-3-2-4-10-17/h2-11,14,16H,12-13H2,1H3/t14?,16-/m1/s1. The summed E-state index contributed by atoms with van der Waals surface area (Å²) in [7, 11) is 0. The average Bonchev–Trinajstić information content (AvgIpc) is 2.71. The third-order valence-corrected chi connectivity index (χ3v) is 3.50. The molecule has 0 spiro atoms. The monoisotopic (exact) mass is 313 g/mol. The van der Waals surface area contributed by atoms with E-state index in [9.17, 15) is 14.9 Å². The highest BCUT2D eigenvalue weighted by Gasteiger charge is 2.24. The van der Waals surface area contributed by atoms with Gasteiger partial charge in [0.05, 0.1) is 12.3 Å². The SMILES string of the molecule is CC1C=CC=CC([C@H](CC(=O)Oc2ccccc2)C[N+](=O)[O-])=C1. The van der Waals surface area contributed by atoms with Gasteiger partial charge in [-0.3, -0.25) is 14.9 Å². The molecule has 2 rings (SSSR count).